The van der Waals surface area contributed by atoms with Gasteiger partial charge in [-0.25, -0.2) is 4.39 Å². The zero-order valence-corrected chi connectivity index (χ0v) is 12.6. The minimum Gasteiger partial charge on any atom is -0.387 e. The molecule has 1 aliphatic carbocycles. The van der Waals surface area contributed by atoms with Crippen LogP contribution >= 0.6 is 22.9 Å². The molecule has 1 heterocycles. The normalized spacial score (nSPS) is 15.9. The molecule has 0 spiro atoms. The van der Waals surface area contributed by atoms with E-state index in [2.05, 4.69) is 6.07 Å². The summed E-state index contributed by atoms with van der Waals surface area (Å²) in [4.78, 5) is 2.43. The number of thiophene rings is 1. The summed E-state index contributed by atoms with van der Waals surface area (Å²) in [5, 5.41) is 10.5. The number of fused-ring (bicyclic) bond motifs is 1. The molecule has 4 heteroatoms. The summed E-state index contributed by atoms with van der Waals surface area (Å²) < 4.78 is 13.1. The Morgan fingerprint density at radius 2 is 2.05 bits per heavy atom. The lowest BCUT2D eigenvalue weighted by Gasteiger charge is -2.09. The van der Waals surface area contributed by atoms with Crippen molar-refractivity contribution in [1.29, 1.82) is 0 Å². The van der Waals surface area contributed by atoms with Crippen LogP contribution in [0.15, 0.2) is 24.3 Å². The van der Waals surface area contributed by atoms with Gasteiger partial charge in [-0.1, -0.05) is 17.7 Å². The number of hydrogen-bond acceptors (Lipinski definition) is 2. The zero-order chi connectivity index (χ0) is 14.1. The SMILES string of the molecule is OC(Cc1ccc(F)c(Cl)c1)c1cc2c(s1)CCCC2. The first-order chi connectivity index (χ1) is 9.63. The number of aryl methyl sites for hydroxylation is 2. The smallest absolute Gasteiger partial charge is 0.141 e. The zero-order valence-electron chi connectivity index (χ0n) is 11.0. The van der Waals surface area contributed by atoms with Crippen LogP contribution in [0.3, 0.4) is 0 Å². The van der Waals surface area contributed by atoms with Crippen LogP contribution < -0.4 is 0 Å². The van der Waals surface area contributed by atoms with E-state index in [9.17, 15) is 9.50 Å². The third-order valence-corrected chi connectivity index (χ3v) is 5.39. The van der Waals surface area contributed by atoms with Gasteiger partial charge in [0.1, 0.15) is 5.82 Å². The molecule has 0 amide bonds. The van der Waals surface area contributed by atoms with Gasteiger partial charge in [-0.15, -0.1) is 11.3 Å². The average molecular weight is 311 g/mol. The number of aliphatic hydroxyl groups excluding tert-OH is 1. The van der Waals surface area contributed by atoms with E-state index in [-0.39, 0.29) is 5.02 Å². The van der Waals surface area contributed by atoms with Crippen molar-refractivity contribution in [2.24, 2.45) is 0 Å². The number of hydrogen-bond donors (Lipinski definition) is 1. The molecule has 1 N–H and O–H groups in total. The van der Waals surface area contributed by atoms with Crippen molar-refractivity contribution in [3.63, 3.8) is 0 Å². The van der Waals surface area contributed by atoms with Gasteiger partial charge in [-0.2, -0.15) is 0 Å². The molecule has 0 bridgehead atoms. The van der Waals surface area contributed by atoms with E-state index in [4.69, 9.17) is 11.6 Å². The molecule has 0 saturated heterocycles. The quantitative estimate of drug-likeness (QED) is 0.871. The highest BCUT2D eigenvalue weighted by atomic mass is 35.5. The monoisotopic (exact) mass is 310 g/mol. The summed E-state index contributed by atoms with van der Waals surface area (Å²) in [6, 6.07) is 6.75. The Balaban J connectivity index is 1.76. The summed E-state index contributed by atoms with van der Waals surface area (Å²) in [5.74, 6) is -0.420. The van der Waals surface area contributed by atoms with Gasteiger partial charge in [-0.05, 0) is 55.0 Å². The van der Waals surface area contributed by atoms with Crippen LogP contribution in [0.4, 0.5) is 4.39 Å². The molecular weight excluding hydrogens is 295 g/mol. The van der Waals surface area contributed by atoms with E-state index in [1.165, 1.54) is 29.3 Å². The summed E-state index contributed by atoms with van der Waals surface area (Å²) in [6.07, 6.45) is 4.69. The topological polar surface area (TPSA) is 20.2 Å². The van der Waals surface area contributed by atoms with Crippen molar-refractivity contribution in [1.82, 2.24) is 0 Å². The lowest BCUT2D eigenvalue weighted by molar-refractivity contribution is 0.182. The molecule has 1 aliphatic rings. The first-order valence-electron chi connectivity index (χ1n) is 6.87. The summed E-state index contributed by atoms with van der Waals surface area (Å²) in [6.45, 7) is 0. The number of aliphatic hydroxyl groups is 1. The molecule has 1 aromatic carbocycles. The first-order valence-corrected chi connectivity index (χ1v) is 8.06. The van der Waals surface area contributed by atoms with E-state index < -0.39 is 11.9 Å². The number of benzene rings is 1. The summed E-state index contributed by atoms with van der Waals surface area (Å²) in [5.41, 5.74) is 2.25. The second kappa shape index (κ2) is 5.84. The van der Waals surface area contributed by atoms with Gasteiger partial charge in [0.2, 0.25) is 0 Å². The van der Waals surface area contributed by atoms with Crippen LogP contribution in [0.25, 0.3) is 0 Å². The fourth-order valence-corrected chi connectivity index (χ4v) is 4.12. The summed E-state index contributed by atoms with van der Waals surface area (Å²) >= 11 is 7.48. The highest BCUT2D eigenvalue weighted by Gasteiger charge is 2.18. The Morgan fingerprint density at radius 1 is 1.25 bits per heavy atom. The highest BCUT2D eigenvalue weighted by Crippen LogP contribution is 2.34. The van der Waals surface area contributed by atoms with Gasteiger partial charge in [0.15, 0.2) is 0 Å². The molecule has 0 aliphatic heterocycles. The van der Waals surface area contributed by atoms with Gasteiger partial charge >= 0.3 is 0 Å². The van der Waals surface area contributed by atoms with Crippen molar-refractivity contribution >= 4 is 22.9 Å². The molecule has 0 fully saturated rings. The molecule has 2 aromatic rings. The molecule has 106 valence electrons. The van der Waals surface area contributed by atoms with Gasteiger partial charge in [0.05, 0.1) is 11.1 Å². The van der Waals surface area contributed by atoms with E-state index in [1.807, 2.05) is 0 Å². The second-order valence-electron chi connectivity index (χ2n) is 5.27. The fourth-order valence-electron chi connectivity index (χ4n) is 2.67. The van der Waals surface area contributed by atoms with Gasteiger partial charge < -0.3 is 5.11 Å². The third kappa shape index (κ3) is 2.90. The Kier molecular flexibility index (Phi) is 4.11. The molecule has 1 aromatic heterocycles. The standard InChI is InChI=1S/C16H16ClFOS/c17-12-7-10(5-6-13(12)18)8-14(19)16-9-11-3-1-2-4-15(11)20-16/h5-7,9,14,19H,1-4,8H2. The van der Waals surface area contributed by atoms with Crippen LogP contribution in [0.2, 0.25) is 5.02 Å². The molecular formula is C16H16ClFOS. The Morgan fingerprint density at radius 3 is 2.80 bits per heavy atom. The molecule has 1 unspecified atom stereocenters. The van der Waals surface area contributed by atoms with Crippen LogP contribution in [0.5, 0.6) is 0 Å². The number of rotatable bonds is 3. The fraction of sp³-hybridized carbons (Fsp3) is 0.375. The largest absolute Gasteiger partial charge is 0.387 e. The van der Waals surface area contributed by atoms with Crippen LogP contribution in [0, 0.1) is 5.82 Å². The summed E-state index contributed by atoms with van der Waals surface area (Å²) in [7, 11) is 0. The predicted octanol–water partition coefficient (Wildman–Crippen LogP) is 4.70. The van der Waals surface area contributed by atoms with Crippen molar-refractivity contribution in [2.45, 2.75) is 38.2 Å². The molecule has 3 rings (SSSR count). The Labute approximate surface area is 127 Å². The Hall–Kier alpha value is -0.900. The average Bonchev–Trinajstić information content (AvgIpc) is 2.87. The maximum atomic E-state index is 13.1. The van der Waals surface area contributed by atoms with Gasteiger partial charge in [0.25, 0.3) is 0 Å². The van der Waals surface area contributed by atoms with Crippen LogP contribution in [-0.2, 0) is 19.3 Å². The predicted molar refractivity (Wildman–Crippen MR) is 81.0 cm³/mol. The second-order valence-corrected chi connectivity index (χ2v) is 6.85. The first kappa shape index (κ1) is 14.1. The van der Waals surface area contributed by atoms with E-state index in [0.717, 1.165) is 23.3 Å². The molecule has 0 radical (unpaired) electrons. The van der Waals surface area contributed by atoms with E-state index in [0.29, 0.717) is 6.42 Å². The maximum Gasteiger partial charge on any atom is 0.141 e. The van der Waals surface area contributed by atoms with Crippen molar-refractivity contribution in [3.05, 3.63) is 56.0 Å². The van der Waals surface area contributed by atoms with Crippen molar-refractivity contribution in [2.75, 3.05) is 0 Å². The van der Waals surface area contributed by atoms with Crippen molar-refractivity contribution < 1.29 is 9.50 Å². The van der Waals surface area contributed by atoms with Crippen LogP contribution in [-0.4, -0.2) is 5.11 Å². The lowest BCUT2D eigenvalue weighted by atomic mass is 9.98. The Bertz CT molecular complexity index is 599. The minimum absolute atomic E-state index is 0.111. The minimum atomic E-state index is -0.535. The molecule has 1 atom stereocenters. The van der Waals surface area contributed by atoms with Gasteiger partial charge in [-0.3, -0.25) is 0 Å². The molecule has 0 saturated carbocycles. The lowest BCUT2D eigenvalue weighted by Crippen LogP contribution is -2.00. The maximum absolute atomic E-state index is 13.1. The number of halogens is 2. The van der Waals surface area contributed by atoms with E-state index >= 15 is 0 Å². The van der Waals surface area contributed by atoms with Crippen molar-refractivity contribution in [3.8, 4) is 0 Å². The van der Waals surface area contributed by atoms with Gasteiger partial charge in [0, 0.05) is 16.2 Å². The van der Waals surface area contributed by atoms with E-state index in [1.54, 1.807) is 23.5 Å². The van der Waals surface area contributed by atoms with Crippen LogP contribution in [0.1, 0.15) is 39.8 Å². The third-order valence-electron chi connectivity index (χ3n) is 3.76. The molecule has 1 nitrogen and oxygen atoms in total. The highest BCUT2D eigenvalue weighted by molar-refractivity contribution is 7.12. The molecule has 20 heavy (non-hydrogen) atoms.